The number of hydrogen-bond acceptors (Lipinski definition) is 9. The van der Waals surface area contributed by atoms with Crippen LogP contribution in [0.15, 0.2) is 30.4 Å². The molecule has 0 spiro atoms. The zero-order valence-electron chi connectivity index (χ0n) is 25.2. The van der Waals surface area contributed by atoms with Crippen molar-refractivity contribution in [1.82, 2.24) is 20.2 Å². The van der Waals surface area contributed by atoms with Crippen molar-refractivity contribution in [1.29, 1.82) is 5.26 Å². The van der Waals surface area contributed by atoms with Gasteiger partial charge in [0.05, 0.1) is 26.4 Å². The highest BCUT2D eigenvalue weighted by atomic mass is 35.5. The standard InChI is InChI=1S/C33H30ClF4N7OS/c34-21-11-19-27(26(38)25(21)18-3-4-22(35)28-24(18)20(13-39)29(40)47-28)41-31(46-16-33-6-1-9-45(33)10-2-7-33)42-30(19)44-14-17-5-8-32(15-44,43-17)12-23(36)37/h3-4,11-12,17,43H,1-2,5-10,14-16,40H2/t17-,32-/m1/s1. The van der Waals surface area contributed by atoms with E-state index in [1.165, 1.54) is 12.1 Å². The minimum Gasteiger partial charge on any atom is -0.461 e. The Kier molecular flexibility index (Phi) is 7.29. The molecule has 2 atom stereocenters. The molecule has 8 rings (SSSR count). The van der Waals surface area contributed by atoms with Crippen LogP contribution in [-0.4, -0.2) is 64.8 Å². The van der Waals surface area contributed by atoms with E-state index < -0.39 is 23.3 Å². The topological polar surface area (TPSA) is 103 Å². The van der Waals surface area contributed by atoms with Gasteiger partial charge >= 0.3 is 6.01 Å². The number of halogens is 5. The number of nitrogens with one attached hydrogen (secondary N) is 1. The van der Waals surface area contributed by atoms with E-state index in [0.29, 0.717) is 31.8 Å². The van der Waals surface area contributed by atoms with Gasteiger partial charge in [0.25, 0.3) is 6.08 Å². The third kappa shape index (κ3) is 4.91. The van der Waals surface area contributed by atoms with Gasteiger partial charge in [-0.1, -0.05) is 17.7 Å². The van der Waals surface area contributed by atoms with Crippen molar-refractivity contribution in [2.45, 2.75) is 55.6 Å². The van der Waals surface area contributed by atoms with Gasteiger partial charge in [0.2, 0.25) is 0 Å². The van der Waals surface area contributed by atoms with E-state index in [0.717, 1.165) is 56.2 Å². The molecule has 4 aliphatic rings. The molecule has 3 N–H and O–H groups in total. The lowest BCUT2D eigenvalue weighted by molar-refractivity contribution is 0.108. The summed E-state index contributed by atoms with van der Waals surface area (Å²) in [6, 6.07) is 6.02. The fraction of sp³-hybridized carbons (Fsp3) is 0.424. The molecule has 2 aromatic carbocycles. The predicted molar refractivity (Wildman–Crippen MR) is 174 cm³/mol. The van der Waals surface area contributed by atoms with Gasteiger partial charge in [-0.05, 0) is 69.3 Å². The Balaban J connectivity index is 1.30. The second-order valence-electron chi connectivity index (χ2n) is 13.1. The van der Waals surface area contributed by atoms with Crippen LogP contribution in [0.2, 0.25) is 5.02 Å². The van der Waals surface area contributed by atoms with Gasteiger partial charge in [-0.25, -0.2) is 8.78 Å². The SMILES string of the molecule is N#Cc1c(N)sc2c(F)ccc(-c3c(Cl)cc4c(N5C[C@H]6CC[C@@](C=C(F)F)(C5)N6)nc(OCC56CCCN5CCC6)nc4c3F)c12. The summed E-state index contributed by atoms with van der Waals surface area (Å²) >= 11 is 7.74. The van der Waals surface area contributed by atoms with Crippen LogP contribution < -0.4 is 20.7 Å². The van der Waals surface area contributed by atoms with Crippen LogP contribution in [0.4, 0.5) is 28.4 Å². The van der Waals surface area contributed by atoms with E-state index in [-0.39, 0.29) is 71.8 Å². The van der Waals surface area contributed by atoms with Gasteiger partial charge < -0.3 is 20.7 Å². The number of piperazine rings is 1. The molecular weight excluding hydrogens is 654 g/mol. The molecule has 244 valence electrons. The second-order valence-corrected chi connectivity index (χ2v) is 14.5. The molecule has 4 saturated heterocycles. The quantitative estimate of drug-likeness (QED) is 0.210. The fourth-order valence-electron chi connectivity index (χ4n) is 8.33. The third-order valence-electron chi connectivity index (χ3n) is 10.4. The van der Waals surface area contributed by atoms with Crippen LogP contribution in [0.25, 0.3) is 32.1 Å². The maximum Gasteiger partial charge on any atom is 0.319 e. The number of aromatic nitrogens is 2. The van der Waals surface area contributed by atoms with Gasteiger partial charge in [-0.15, -0.1) is 11.3 Å². The lowest BCUT2D eigenvalue weighted by Gasteiger charge is -2.40. The smallest absolute Gasteiger partial charge is 0.319 e. The molecular formula is C33H30ClF4N7OS. The number of fused-ring (bicyclic) bond motifs is 5. The second kappa shape index (κ2) is 11.2. The Morgan fingerprint density at radius 3 is 2.74 bits per heavy atom. The van der Waals surface area contributed by atoms with E-state index in [2.05, 4.69) is 15.2 Å². The van der Waals surface area contributed by atoms with Crippen LogP contribution in [0.5, 0.6) is 6.01 Å². The Bertz CT molecular complexity index is 2020. The average molecular weight is 684 g/mol. The van der Waals surface area contributed by atoms with Crippen molar-refractivity contribution < 1.29 is 22.3 Å². The van der Waals surface area contributed by atoms with Crippen molar-refractivity contribution in [2.75, 3.05) is 43.4 Å². The Morgan fingerprint density at radius 1 is 1.21 bits per heavy atom. The summed E-state index contributed by atoms with van der Waals surface area (Å²) in [7, 11) is 0. The van der Waals surface area contributed by atoms with Gasteiger partial charge in [0, 0.05) is 41.5 Å². The number of rotatable bonds is 6. The van der Waals surface area contributed by atoms with Crippen molar-refractivity contribution >= 4 is 54.7 Å². The number of nitrogens with two attached hydrogens (primary N) is 1. The van der Waals surface area contributed by atoms with Crippen molar-refractivity contribution in [3.63, 3.8) is 0 Å². The molecule has 4 aliphatic heterocycles. The average Bonchev–Trinajstić information content (AvgIpc) is 3.77. The number of nitrogens with zero attached hydrogens (tertiary/aromatic N) is 5. The minimum absolute atomic E-state index is 0.0101. The summed E-state index contributed by atoms with van der Waals surface area (Å²) in [4.78, 5) is 13.7. The first-order chi connectivity index (χ1) is 22.6. The van der Waals surface area contributed by atoms with Crippen LogP contribution in [0.1, 0.15) is 44.1 Å². The van der Waals surface area contributed by atoms with E-state index >= 15 is 4.39 Å². The van der Waals surface area contributed by atoms with Crippen molar-refractivity contribution in [2.24, 2.45) is 0 Å². The van der Waals surface area contributed by atoms with Gasteiger partial charge in [-0.2, -0.15) is 24.0 Å². The number of ether oxygens (including phenoxy) is 1. The lowest BCUT2D eigenvalue weighted by atomic mass is 9.95. The number of benzene rings is 2. The van der Waals surface area contributed by atoms with Crippen molar-refractivity contribution in [3.8, 4) is 23.2 Å². The molecule has 4 fully saturated rings. The summed E-state index contributed by atoms with van der Waals surface area (Å²) in [6.07, 6.45) is 4.48. The Morgan fingerprint density at radius 2 is 2.00 bits per heavy atom. The molecule has 2 aromatic heterocycles. The maximum atomic E-state index is 17.0. The monoisotopic (exact) mass is 683 g/mol. The number of anilines is 2. The predicted octanol–water partition coefficient (Wildman–Crippen LogP) is 7.00. The number of nitrogen functional groups attached to an aromatic ring is 1. The molecule has 0 aliphatic carbocycles. The highest BCUT2D eigenvalue weighted by molar-refractivity contribution is 7.23. The largest absolute Gasteiger partial charge is 0.461 e. The summed E-state index contributed by atoms with van der Waals surface area (Å²) in [6.45, 7) is 2.95. The van der Waals surface area contributed by atoms with Gasteiger partial charge in [-0.3, -0.25) is 4.90 Å². The summed E-state index contributed by atoms with van der Waals surface area (Å²) < 4.78 is 65.5. The molecule has 0 unspecified atom stereocenters. The highest BCUT2D eigenvalue weighted by Crippen LogP contribution is 2.47. The maximum absolute atomic E-state index is 17.0. The van der Waals surface area contributed by atoms with Crippen LogP contribution in [0.3, 0.4) is 0 Å². The molecule has 14 heteroatoms. The Hall–Kier alpha value is -3.70. The fourth-order valence-corrected chi connectivity index (χ4v) is 9.57. The number of thiophene rings is 1. The first-order valence-corrected chi connectivity index (χ1v) is 16.8. The molecule has 2 bridgehead atoms. The summed E-state index contributed by atoms with van der Waals surface area (Å²) in [5.74, 6) is -1.06. The van der Waals surface area contributed by atoms with Crippen LogP contribution in [-0.2, 0) is 0 Å². The summed E-state index contributed by atoms with van der Waals surface area (Å²) in [5.41, 5.74) is 5.05. The molecule has 6 heterocycles. The molecule has 8 nitrogen and oxygen atoms in total. The van der Waals surface area contributed by atoms with Crippen LogP contribution in [0, 0.1) is 23.0 Å². The van der Waals surface area contributed by atoms with E-state index in [1.807, 2.05) is 11.0 Å². The van der Waals surface area contributed by atoms with Crippen molar-refractivity contribution in [3.05, 3.63) is 52.6 Å². The minimum atomic E-state index is -1.77. The van der Waals surface area contributed by atoms with E-state index in [9.17, 15) is 18.4 Å². The molecule has 0 saturated carbocycles. The molecule has 0 amide bonds. The lowest BCUT2D eigenvalue weighted by Crippen LogP contribution is -2.59. The van der Waals surface area contributed by atoms with E-state index in [1.54, 1.807) is 6.07 Å². The van der Waals surface area contributed by atoms with Gasteiger partial charge in [0.15, 0.2) is 5.82 Å². The first-order valence-electron chi connectivity index (χ1n) is 15.7. The molecule has 0 radical (unpaired) electrons. The zero-order valence-corrected chi connectivity index (χ0v) is 26.8. The highest BCUT2D eigenvalue weighted by Gasteiger charge is 2.46. The van der Waals surface area contributed by atoms with Gasteiger partial charge in [0.1, 0.15) is 34.8 Å². The zero-order chi connectivity index (χ0) is 32.7. The molecule has 4 aromatic rings. The van der Waals surface area contributed by atoms with Crippen LogP contribution >= 0.6 is 22.9 Å². The molecule has 47 heavy (non-hydrogen) atoms. The first kappa shape index (κ1) is 30.6. The Labute approximate surface area is 276 Å². The van der Waals surface area contributed by atoms with E-state index in [4.69, 9.17) is 27.1 Å². The summed E-state index contributed by atoms with van der Waals surface area (Å²) in [5, 5.41) is 13.7. The number of nitriles is 1. The number of hydrogen-bond donors (Lipinski definition) is 2. The normalized spacial score (nSPS) is 23.4. The third-order valence-corrected chi connectivity index (χ3v) is 11.7.